The summed E-state index contributed by atoms with van der Waals surface area (Å²) in [5.74, 6) is 1.60. The number of hydrogen-bond acceptors (Lipinski definition) is 3. The first-order valence-electron chi connectivity index (χ1n) is 8.23. The predicted molar refractivity (Wildman–Crippen MR) is 98.7 cm³/mol. The van der Waals surface area contributed by atoms with Gasteiger partial charge in [-0.25, -0.2) is 0 Å². The highest BCUT2D eigenvalue weighted by Crippen LogP contribution is 2.49. The molecule has 4 rings (SSSR count). The van der Waals surface area contributed by atoms with Crippen molar-refractivity contribution >= 4 is 23.0 Å². The Morgan fingerprint density at radius 2 is 2.04 bits per heavy atom. The molecule has 4 nitrogen and oxygen atoms in total. The number of thiocarbonyl (C=S) groups is 1. The lowest BCUT2D eigenvalue weighted by Gasteiger charge is -2.52. The molecule has 1 N–H and O–H groups in total. The smallest absolute Gasteiger partial charge is 0.188 e. The first kappa shape index (κ1) is 15.3. The Bertz CT molecular complexity index is 780. The highest BCUT2D eigenvalue weighted by molar-refractivity contribution is 7.80. The number of nitrogens with zero attached hydrogens (tertiary/aromatic N) is 1. The van der Waals surface area contributed by atoms with Gasteiger partial charge in [0, 0.05) is 17.7 Å². The SMILES string of the molecule is CCOc1cccc2c1O[C@]1(C)C[C@H]2NC(=S)N1c1ccccc1. The minimum absolute atomic E-state index is 0.131. The fourth-order valence-corrected chi connectivity index (χ4v) is 4.04. The Labute approximate surface area is 147 Å². The van der Waals surface area contributed by atoms with E-state index in [4.69, 9.17) is 21.7 Å². The standard InChI is InChI=1S/C19H20N2O2S/c1-3-22-16-11-7-10-14-15-12-19(2,23-17(14)16)21(18(24)20-15)13-8-5-4-6-9-13/h4-11,15H,3,12H2,1-2H3,(H,20,24)/t15-,19-/m1/s1. The molecular formula is C19H20N2O2S. The van der Waals surface area contributed by atoms with Crippen LogP contribution < -0.4 is 19.7 Å². The minimum atomic E-state index is -0.547. The van der Waals surface area contributed by atoms with E-state index in [1.54, 1.807) is 0 Å². The Morgan fingerprint density at radius 3 is 2.79 bits per heavy atom. The molecule has 1 saturated heterocycles. The van der Waals surface area contributed by atoms with Gasteiger partial charge in [-0.15, -0.1) is 0 Å². The minimum Gasteiger partial charge on any atom is -0.490 e. The van der Waals surface area contributed by atoms with Gasteiger partial charge in [0.05, 0.1) is 12.6 Å². The topological polar surface area (TPSA) is 33.7 Å². The number of rotatable bonds is 3. The molecule has 2 aliphatic rings. The van der Waals surface area contributed by atoms with E-state index in [0.29, 0.717) is 11.7 Å². The van der Waals surface area contributed by atoms with Crippen molar-refractivity contribution in [2.45, 2.75) is 32.0 Å². The van der Waals surface area contributed by atoms with Crippen LogP contribution in [0.3, 0.4) is 0 Å². The highest BCUT2D eigenvalue weighted by atomic mass is 32.1. The first-order chi connectivity index (χ1) is 11.6. The summed E-state index contributed by atoms with van der Waals surface area (Å²) in [5, 5.41) is 4.16. The molecule has 2 aromatic carbocycles. The number of hydrogen-bond donors (Lipinski definition) is 1. The number of fused-ring (bicyclic) bond motifs is 4. The Hall–Kier alpha value is -2.27. The van der Waals surface area contributed by atoms with Crippen molar-refractivity contribution < 1.29 is 9.47 Å². The maximum absolute atomic E-state index is 6.48. The van der Waals surface area contributed by atoms with Crippen molar-refractivity contribution in [3.8, 4) is 11.5 Å². The molecule has 5 heteroatoms. The van der Waals surface area contributed by atoms with Crippen LogP contribution in [0.4, 0.5) is 5.69 Å². The van der Waals surface area contributed by atoms with Gasteiger partial charge in [-0.05, 0) is 44.3 Å². The molecule has 1 fully saturated rings. The van der Waals surface area contributed by atoms with Crippen LogP contribution in [-0.4, -0.2) is 17.4 Å². The van der Waals surface area contributed by atoms with Crippen LogP contribution in [0.2, 0.25) is 0 Å². The number of nitrogens with one attached hydrogen (secondary N) is 1. The summed E-state index contributed by atoms with van der Waals surface area (Å²) in [6.45, 7) is 4.68. The zero-order valence-electron chi connectivity index (χ0n) is 13.8. The van der Waals surface area contributed by atoms with Gasteiger partial charge in [0.15, 0.2) is 22.3 Å². The van der Waals surface area contributed by atoms with Gasteiger partial charge in [-0.2, -0.15) is 0 Å². The quantitative estimate of drug-likeness (QED) is 0.854. The van der Waals surface area contributed by atoms with E-state index in [2.05, 4.69) is 23.2 Å². The second-order valence-corrected chi connectivity index (χ2v) is 6.65. The summed E-state index contributed by atoms with van der Waals surface area (Å²) in [5.41, 5.74) is 1.58. The molecule has 0 aromatic heterocycles. The van der Waals surface area contributed by atoms with Gasteiger partial charge in [0.25, 0.3) is 0 Å². The molecule has 0 unspecified atom stereocenters. The van der Waals surface area contributed by atoms with Crippen molar-refractivity contribution in [3.63, 3.8) is 0 Å². The fraction of sp³-hybridized carbons (Fsp3) is 0.316. The van der Waals surface area contributed by atoms with E-state index < -0.39 is 5.72 Å². The third kappa shape index (κ3) is 2.31. The zero-order chi connectivity index (χ0) is 16.7. The Balaban J connectivity index is 1.81. The van der Waals surface area contributed by atoms with Crippen LogP contribution in [0.25, 0.3) is 0 Å². The molecule has 2 heterocycles. The van der Waals surface area contributed by atoms with Gasteiger partial charge >= 0.3 is 0 Å². The van der Waals surface area contributed by atoms with Crippen LogP contribution in [-0.2, 0) is 0 Å². The molecule has 2 aromatic rings. The second kappa shape index (κ2) is 5.67. The van der Waals surface area contributed by atoms with E-state index in [1.807, 2.05) is 49.4 Å². The van der Waals surface area contributed by atoms with Crippen molar-refractivity contribution in [3.05, 3.63) is 54.1 Å². The van der Waals surface area contributed by atoms with Crippen molar-refractivity contribution in [2.24, 2.45) is 0 Å². The Kier molecular flexibility index (Phi) is 3.61. The number of anilines is 1. The summed E-state index contributed by atoms with van der Waals surface area (Å²) in [4.78, 5) is 2.06. The van der Waals surface area contributed by atoms with E-state index >= 15 is 0 Å². The highest BCUT2D eigenvalue weighted by Gasteiger charge is 2.49. The number of benzene rings is 2. The number of para-hydroxylation sites is 2. The van der Waals surface area contributed by atoms with Crippen LogP contribution in [0.1, 0.15) is 31.9 Å². The average molecular weight is 340 g/mol. The third-order valence-electron chi connectivity index (χ3n) is 4.58. The monoisotopic (exact) mass is 340 g/mol. The largest absolute Gasteiger partial charge is 0.490 e. The van der Waals surface area contributed by atoms with E-state index in [1.165, 1.54) is 0 Å². The lowest BCUT2D eigenvalue weighted by atomic mass is 9.90. The van der Waals surface area contributed by atoms with E-state index in [9.17, 15) is 0 Å². The molecule has 0 radical (unpaired) electrons. The molecular weight excluding hydrogens is 320 g/mol. The molecule has 0 aliphatic carbocycles. The predicted octanol–water partition coefficient (Wildman–Crippen LogP) is 4.02. The molecule has 2 aliphatic heterocycles. The summed E-state index contributed by atoms with van der Waals surface area (Å²) in [6.07, 6.45) is 0.810. The maximum Gasteiger partial charge on any atom is 0.188 e. The van der Waals surface area contributed by atoms with Gasteiger partial charge in [-0.3, -0.25) is 4.90 Å². The summed E-state index contributed by atoms with van der Waals surface area (Å²) < 4.78 is 12.3. The summed E-state index contributed by atoms with van der Waals surface area (Å²) in [6, 6.07) is 16.3. The van der Waals surface area contributed by atoms with Crippen LogP contribution >= 0.6 is 12.2 Å². The van der Waals surface area contributed by atoms with Crippen molar-refractivity contribution in [1.82, 2.24) is 5.32 Å². The van der Waals surface area contributed by atoms with Crippen LogP contribution in [0, 0.1) is 0 Å². The van der Waals surface area contributed by atoms with Crippen LogP contribution in [0.15, 0.2) is 48.5 Å². The first-order valence-corrected chi connectivity index (χ1v) is 8.64. The Morgan fingerprint density at radius 1 is 1.25 bits per heavy atom. The van der Waals surface area contributed by atoms with Gasteiger partial charge in [0.1, 0.15) is 0 Å². The van der Waals surface area contributed by atoms with E-state index in [-0.39, 0.29) is 6.04 Å². The van der Waals surface area contributed by atoms with Gasteiger partial charge in [0.2, 0.25) is 0 Å². The zero-order valence-corrected chi connectivity index (χ0v) is 14.6. The molecule has 0 amide bonds. The summed E-state index contributed by atoms with van der Waals surface area (Å²) in [7, 11) is 0. The van der Waals surface area contributed by atoms with Crippen molar-refractivity contribution in [2.75, 3.05) is 11.5 Å². The maximum atomic E-state index is 6.48. The normalized spacial score (nSPS) is 24.7. The molecule has 2 atom stereocenters. The van der Waals surface area contributed by atoms with Gasteiger partial charge < -0.3 is 14.8 Å². The molecule has 0 spiro atoms. The lowest BCUT2D eigenvalue weighted by Crippen LogP contribution is -2.65. The molecule has 2 bridgehead atoms. The van der Waals surface area contributed by atoms with E-state index in [0.717, 1.165) is 29.2 Å². The second-order valence-electron chi connectivity index (χ2n) is 6.26. The third-order valence-corrected chi connectivity index (χ3v) is 4.88. The van der Waals surface area contributed by atoms with Crippen LogP contribution in [0.5, 0.6) is 11.5 Å². The lowest BCUT2D eigenvalue weighted by molar-refractivity contribution is 0.0457. The van der Waals surface area contributed by atoms with Crippen molar-refractivity contribution in [1.29, 1.82) is 0 Å². The fourth-order valence-electron chi connectivity index (χ4n) is 3.60. The molecule has 124 valence electrons. The average Bonchev–Trinajstić information content (AvgIpc) is 2.56. The summed E-state index contributed by atoms with van der Waals surface area (Å²) >= 11 is 5.65. The number of ether oxygens (including phenoxy) is 2. The molecule has 0 saturated carbocycles. The van der Waals surface area contributed by atoms with Gasteiger partial charge in [-0.1, -0.05) is 30.3 Å². The molecule has 24 heavy (non-hydrogen) atoms.